The minimum absolute atomic E-state index is 0.564. The van der Waals surface area contributed by atoms with Crippen molar-refractivity contribution >= 4 is 16.9 Å². The van der Waals surface area contributed by atoms with Crippen molar-refractivity contribution in [2.24, 2.45) is 0 Å². The van der Waals surface area contributed by atoms with Crippen LogP contribution in [-0.2, 0) is 12.8 Å². The Morgan fingerprint density at radius 3 is 2.78 bits per heavy atom. The average molecular weight is 308 g/mol. The number of anilines is 1. The first-order chi connectivity index (χ1) is 11.3. The predicted octanol–water partition coefficient (Wildman–Crippen LogP) is 2.76. The normalized spacial score (nSPS) is 26.6. The number of hydrogen-bond donors (Lipinski definition) is 1. The fourth-order valence-corrected chi connectivity index (χ4v) is 4.76. The van der Waals surface area contributed by atoms with Crippen LogP contribution in [0, 0.1) is 6.92 Å². The highest BCUT2D eigenvalue weighted by atomic mass is 15.3. The molecule has 0 unspecified atom stereocenters. The summed E-state index contributed by atoms with van der Waals surface area (Å²) in [4.78, 5) is 12.4. The number of nitrogens with zero attached hydrogens (tertiary/aromatic N) is 3. The van der Waals surface area contributed by atoms with Crippen molar-refractivity contribution in [3.63, 3.8) is 0 Å². The molecule has 1 aliphatic carbocycles. The smallest absolute Gasteiger partial charge is 0.226 e. The summed E-state index contributed by atoms with van der Waals surface area (Å²) >= 11 is 0. The van der Waals surface area contributed by atoms with Crippen molar-refractivity contribution in [2.75, 3.05) is 18.0 Å². The Morgan fingerprint density at radius 2 is 1.87 bits per heavy atom. The number of aromatic nitrogens is 2. The third-order valence-corrected chi connectivity index (χ3v) is 5.97. The molecule has 2 fully saturated rings. The predicted molar refractivity (Wildman–Crippen MR) is 93.1 cm³/mol. The Balaban J connectivity index is 1.63. The Bertz CT molecular complexity index is 756. The van der Waals surface area contributed by atoms with Gasteiger partial charge in [-0.05, 0) is 75.3 Å². The quantitative estimate of drug-likeness (QED) is 0.879. The van der Waals surface area contributed by atoms with Gasteiger partial charge in [0, 0.05) is 24.0 Å². The van der Waals surface area contributed by atoms with Crippen LogP contribution >= 0.6 is 0 Å². The minimum atomic E-state index is 0.564. The summed E-state index contributed by atoms with van der Waals surface area (Å²) in [6.45, 7) is 4.34. The van der Waals surface area contributed by atoms with Gasteiger partial charge >= 0.3 is 0 Å². The van der Waals surface area contributed by atoms with Gasteiger partial charge in [-0.3, -0.25) is 0 Å². The molecule has 2 bridgehead atoms. The third kappa shape index (κ3) is 2.15. The monoisotopic (exact) mass is 308 g/mol. The second-order valence-corrected chi connectivity index (χ2v) is 7.39. The number of rotatable bonds is 1. The van der Waals surface area contributed by atoms with Gasteiger partial charge < -0.3 is 10.2 Å². The summed E-state index contributed by atoms with van der Waals surface area (Å²) in [5.41, 5.74) is 5.29. The molecule has 2 atom stereocenters. The molecular formula is C19H24N4. The Kier molecular flexibility index (Phi) is 3.08. The van der Waals surface area contributed by atoms with E-state index in [0.717, 1.165) is 30.2 Å². The van der Waals surface area contributed by atoms with Crippen LogP contribution in [0.25, 0.3) is 10.9 Å². The van der Waals surface area contributed by atoms with E-state index in [1.807, 2.05) is 0 Å². The van der Waals surface area contributed by atoms with Crippen molar-refractivity contribution < 1.29 is 0 Å². The van der Waals surface area contributed by atoms with Gasteiger partial charge in [0.25, 0.3) is 0 Å². The molecular weight excluding hydrogens is 284 g/mol. The van der Waals surface area contributed by atoms with Crippen LogP contribution in [0.15, 0.2) is 12.1 Å². The van der Waals surface area contributed by atoms with Gasteiger partial charge in [0.15, 0.2) is 0 Å². The van der Waals surface area contributed by atoms with Crippen molar-refractivity contribution in [1.29, 1.82) is 0 Å². The summed E-state index contributed by atoms with van der Waals surface area (Å²) in [6.07, 6.45) is 7.48. The van der Waals surface area contributed by atoms with Crippen molar-refractivity contribution in [2.45, 2.75) is 57.5 Å². The maximum atomic E-state index is 5.01. The number of fused-ring (bicyclic) bond motifs is 4. The van der Waals surface area contributed by atoms with Gasteiger partial charge in [0.2, 0.25) is 5.95 Å². The molecule has 4 heteroatoms. The Hall–Kier alpha value is -1.68. The van der Waals surface area contributed by atoms with Gasteiger partial charge in [-0.25, -0.2) is 9.97 Å². The first kappa shape index (κ1) is 13.7. The lowest BCUT2D eigenvalue weighted by Crippen LogP contribution is -2.39. The van der Waals surface area contributed by atoms with Gasteiger partial charge in [0.1, 0.15) is 0 Å². The van der Waals surface area contributed by atoms with Gasteiger partial charge in [-0.2, -0.15) is 0 Å². The third-order valence-electron chi connectivity index (χ3n) is 5.97. The first-order valence-corrected chi connectivity index (χ1v) is 9.09. The average Bonchev–Trinajstić information content (AvgIpc) is 3.08. The largest absolute Gasteiger partial charge is 0.334 e. The zero-order valence-corrected chi connectivity index (χ0v) is 13.8. The Labute approximate surface area is 137 Å². The van der Waals surface area contributed by atoms with E-state index in [9.17, 15) is 0 Å². The van der Waals surface area contributed by atoms with Crippen LogP contribution in [0.1, 0.15) is 42.5 Å². The minimum Gasteiger partial charge on any atom is -0.334 e. The zero-order chi connectivity index (χ0) is 15.4. The molecule has 5 rings (SSSR count). The lowest BCUT2D eigenvalue weighted by atomic mass is 10.1. The summed E-state index contributed by atoms with van der Waals surface area (Å²) in [5, 5.41) is 4.81. The maximum absolute atomic E-state index is 5.01. The Morgan fingerprint density at radius 1 is 1.04 bits per heavy atom. The lowest BCUT2D eigenvalue weighted by Gasteiger charge is -2.28. The summed E-state index contributed by atoms with van der Waals surface area (Å²) in [7, 11) is 0. The standard InChI is InChI=1S/C19H24N4/c1-12-17-9-13-3-2-4-14(13)10-18(17)22-19(21-12)23-15-5-6-16(23)11-20-8-7-15/h9-10,15-16,20H,2-8,11H2,1H3/t15-,16+/m1/s1. The highest BCUT2D eigenvalue weighted by molar-refractivity contribution is 5.84. The molecule has 0 radical (unpaired) electrons. The van der Waals surface area contributed by atoms with Crippen LogP contribution < -0.4 is 10.2 Å². The van der Waals surface area contributed by atoms with E-state index in [4.69, 9.17) is 9.97 Å². The molecule has 1 aromatic heterocycles. The molecule has 1 N–H and O–H groups in total. The molecule has 2 aromatic rings. The van der Waals surface area contributed by atoms with E-state index in [0.29, 0.717) is 12.1 Å². The SMILES string of the molecule is Cc1nc(N2[C@H]3CCNC[C@@H]2CC3)nc2cc3c(cc12)CCC3. The number of nitrogens with one attached hydrogen (secondary N) is 1. The lowest BCUT2D eigenvalue weighted by molar-refractivity contribution is 0.567. The van der Waals surface area contributed by atoms with E-state index in [2.05, 4.69) is 29.3 Å². The topological polar surface area (TPSA) is 41.1 Å². The summed E-state index contributed by atoms with van der Waals surface area (Å²) in [6, 6.07) is 5.85. The second kappa shape index (κ2) is 5.17. The van der Waals surface area contributed by atoms with Crippen LogP contribution in [0.5, 0.6) is 0 Å². The van der Waals surface area contributed by atoms with E-state index in [1.165, 1.54) is 55.0 Å². The van der Waals surface area contributed by atoms with Gasteiger partial charge in [-0.15, -0.1) is 0 Å². The first-order valence-electron chi connectivity index (χ1n) is 9.09. The summed E-state index contributed by atoms with van der Waals surface area (Å²) < 4.78 is 0. The van der Waals surface area contributed by atoms with Crippen LogP contribution in [0.2, 0.25) is 0 Å². The van der Waals surface area contributed by atoms with Crippen molar-refractivity contribution in [3.05, 3.63) is 29.0 Å². The van der Waals surface area contributed by atoms with Crippen LogP contribution in [0.4, 0.5) is 5.95 Å². The van der Waals surface area contributed by atoms with Crippen LogP contribution in [-0.4, -0.2) is 35.1 Å². The maximum Gasteiger partial charge on any atom is 0.226 e. The van der Waals surface area contributed by atoms with E-state index in [1.54, 1.807) is 0 Å². The molecule has 2 aliphatic heterocycles. The molecule has 0 saturated carbocycles. The molecule has 3 aliphatic rings. The highest BCUT2D eigenvalue weighted by Crippen LogP contribution is 2.34. The van der Waals surface area contributed by atoms with Gasteiger partial charge in [0.05, 0.1) is 11.2 Å². The molecule has 23 heavy (non-hydrogen) atoms. The molecule has 2 saturated heterocycles. The molecule has 1 aromatic carbocycles. The molecule has 0 amide bonds. The number of benzene rings is 1. The molecule has 0 spiro atoms. The molecule has 120 valence electrons. The molecule has 4 nitrogen and oxygen atoms in total. The highest BCUT2D eigenvalue weighted by Gasteiger charge is 2.36. The van der Waals surface area contributed by atoms with E-state index < -0.39 is 0 Å². The molecule has 3 heterocycles. The van der Waals surface area contributed by atoms with Crippen LogP contribution in [0.3, 0.4) is 0 Å². The van der Waals surface area contributed by atoms with E-state index in [-0.39, 0.29) is 0 Å². The summed E-state index contributed by atoms with van der Waals surface area (Å²) in [5.74, 6) is 0.962. The number of aryl methyl sites for hydroxylation is 3. The second-order valence-electron chi connectivity index (χ2n) is 7.39. The fourth-order valence-electron chi connectivity index (χ4n) is 4.76. The van der Waals surface area contributed by atoms with Gasteiger partial charge in [-0.1, -0.05) is 0 Å². The zero-order valence-electron chi connectivity index (χ0n) is 13.8. The van der Waals surface area contributed by atoms with Crippen molar-refractivity contribution in [1.82, 2.24) is 15.3 Å². The number of hydrogen-bond acceptors (Lipinski definition) is 4. The van der Waals surface area contributed by atoms with E-state index >= 15 is 0 Å². The van der Waals surface area contributed by atoms with Crippen molar-refractivity contribution in [3.8, 4) is 0 Å². The fraction of sp³-hybridized carbons (Fsp3) is 0.579.